The van der Waals surface area contributed by atoms with Gasteiger partial charge in [-0.15, -0.1) is 11.3 Å². The van der Waals surface area contributed by atoms with Gasteiger partial charge in [-0.25, -0.2) is 4.98 Å². The van der Waals surface area contributed by atoms with Gasteiger partial charge in [0.05, 0.1) is 32.5 Å². The number of hydrogen-bond donors (Lipinski definition) is 0. The average molecular weight is 748 g/mol. The number of anilines is 3. The maximum atomic E-state index is 6.75. The van der Waals surface area contributed by atoms with Crippen molar-refractivity contribution in [1.82, 2.24) is 9.38 Å². The summed E-state index contributed by atoms with van der Waals surface area (Å²) in [6.07, 6.45) is 0. The Morgan fingerprint density at radius 2 is 1.30 bits per heavy atom. The van der Waals surface area contributed by atoms with Crippen molar-refractivity contribution in [3.63, 3.8) is 0 Å². The van der Waals surface area contributed by atoms with E-state index in [1.807, 2.05) is 6.07 Å². The Balaban J connectivity index is 1.10. The van der Waals surface area contributed by atoms with Crippen LogP contribution in [-0.4, -0.2) is 9.38 Å². The van der Waals surface area contributed by atoms with E-state index in [0.717, 1.165) is 55.1 Å². The molecule has 0 saturated heterocycles. The highest BCUT2D eigenvalue weighted by Crippen LogP contribution is 2.52. The maximum absolute atomic E-state index is 6.75. The first-order chi connectivity index (χ1) is 28.0. The fraction of sp³-hybridized carbons (Fsp3) is 0.0577. The van der Waals surface area contributed by atoms with Crippen LogP contribution in [0.3, 0.4) is 0 Å². The van der Waals surface area contributed by atoms with E-state index >= 15 is 0 Å². The van der Waals surface area contributed by atoms with Gasteiger partial charge in [-0.05, 0) is 76.9 Å². The lowest BCUT2D eigenvalue weighted by Gasteiger charge is -2.28. The van der Waals surface area contributed by atoms with E-state index in [4.69, 9.17) is 9.40 Å². The number of aromatic nitrogens is 2. The molecule has 0 spiro atoms. The van der Waals surface area contributed by atoms with Gasteiger partial charge in [0.15, 0.2) is 5.58 Å². The van der Waals surface area contributed by atoms with E-state index in [2.05, 4.69) is 181 Å². The zero-order valence-electron chi connectivity index (χ0n) is 31.2. The minimum Gasteiger partial charge on any atom is -0.454 e. The first-order valence-electron chi connectivity index (χ1n) is 19.5. The van der Waals surface area contributed by atoms with Gasteiger partial charge in [-0.3, -0.25) is 0 Å². The molecule has 4 aromatic heterocycles. The van der Waals surface area contributed by atoms with Crippen LogP contribution in [0.25, 0.3) is 91.9 Å². The summed E-state index contributed by atoms with van der Waals surface area (Å²) in [6, 6.07) is 59.5. The Morgan fingerprint density at radius 3 is 2.21 bits per heavy atom. The highest BCUT2D eigenvalue weighted by molar-refractivity contribution is 7.22. The van der Waals surface area contributed by atoms with Crippen LogP contribution < -0.4 is 4.90 Å². The summed E-state index contributed by atoms with van der Waals surface area (Å²) in [7, 11) is 0. The number of benzene rings is 8. The first-order valence-corrected chi connectivity index (χ1v) is 20.4. The van der Waals surface area contributed by atoms with Crippen LogP contribution in [0.2, 0.25) is 0 Å². The number of nitrogens with zero attached hydrogens (tertiary/aromatic N) is 3. The molecule has 0 radical (unpaired) electrons. The Morgan fingerprint density at radius 1 is 0.579 bits per heavy atom. The molecule has 0 amide bonds. The third-order valence-corrected chi connectivity index (χ3v) is 13.7. The van der Waals surface area contributed by atoms with Gasteiger partial charge in [-0.2, -0.15) is 0 Å². The van der Waals surface area contributed by atoms with Crippen molar-refractivity contribution < 1.29 is 4.42 Å². The number of thiazole rings is 1. The van der Waals surface area contributed by atoms with E-state index in [1.54, 1.807) is 11.3 Å². The highest BCUT2D eigenvalue weighted by atomic mass is 32.1. The van der Waals surface area contributed by atoms with Crippen LogP contribution in [0, 0.1) is 0 Å². The molecule has 1 aliphatic rings. The quantitative estimate of drug-likeness (QED) is 0.180. The number of furan rings is 1. The molecule has 0 saturated carbocycles. The van der Waals surface area contributed by atoms with Gasteiger partial charge in [0.25, 0.3) is 0 Å². The number of fused-ring (bicyclic) bond motifs is 14. The first kappa shape index (κ1) is 31.3. The molecule has 0 unspecified atom stereocenters. The van der Waals surface area contributed by atoms with Gasteiger partial charge in [0.1, 0.15) is 10.6 Å². The molecule has 1 aliphatic carbocycles. The molecular formula is C52H33N3OS. The smallest absolute Gasteiger partial charge is 0.159 e. The molecule has 13 rings (SSSR count). The Bertz CT molecular complexity index is 3630. The molecule has 0 atom stereocenters. The second kappa shape index (κ2) is 11.1. The Kier molecular flexibility index (Phi) is 6.09. The summed E-state index contributed by atoms with van der Waals surface area (Å²) >= 11 is 1.79. The largest absolute Gasteiger partial charge is 0.454 e. The van der Waals surface area contributed by atoms with Crippen LogP contribution in [0.15, 0.2) is 168 Å². The van der Waals surface area contributed by atoms with Crippen molar-refractivity contribution >= 4 is 98.6 Å². The summed E-state index contributed by atoms with van der Waals surface area (Å²) in [5, 5.41) is 8.22. The predicted octanol–water partition coefficient (Wildman–Crippen LogP) is 14.8. The number of rotatable bonds is 4. The van der Waals surface area contributed by atoms with Crippen molar-refractivity contribution in [3.05, 3.63) is 175 Å². The molecule has 0 N–H and O–H groups in total. The molecule has 8 aromatic carbocycles. The zero-order valence-corrected chi connectivity index (χ0v) is 32.1. The van der Waals surface area contributed by atoms with Gasteiger partial charge >= 0.3 is 0 Å². The molecule has 4 nitrogen and oxygen atoms in total. The van der Waals surface area contributed by atoms with Crippen molar-refractivity contribution in [2.45, 2.75) is 19.3 Å². The van der Waals surface area contributed by atoms with Gasteiger partial charge in [-0.1, -0.05) is 123 Å². The fourth-order valence-electron chi connectivity index (χ4n) is 9.94. The van der Waals surface area contributed by atoms with E-state index in [0.29, 0.717) is 0 Å². The molecular weight excluding hydrogens is 715 g/mol. The monoisotopic (exact) mass is 747 g/mol. The average Bonchev–Trinajstić information content (AvgIpc) is 4.05. The van der Waals surface area contributed by atoms with Crippen LogP contribution in [0.1, 0.15) is 25.0 Å². The summed E-state index contributed by atoms with van der Waals surface area (Å²) in [6.45, 7) is 4.70. The van der Waals surface area contributed by atoms with E-state index < -0.39 is 0 Å². The molecule has 57 heavy (non-hydrogen) atoms. The predicted molar refractivity (Wildman–Crippen MR) is 239 cm³/mol. The van der Waals surface area contributed by atoms with E-state index in [1.165, 1.54) is 65.0 Å². The van der Waals surface area contributed by atoms with Gasteiger partial charge in [0.2, 0.25) is 0 Å². The lowest BCUT2D eigenvalue weighted by atomic mass is 9.82. The van der Waals surface area contributed by atoms with Crippen molar-refractivity contribution in [3.8, 4) is 21.7 Å². The van der Waals surface area contributed by atoms with Crippen molar-refractivity contribution in [2.75, 3.05) is 4.90 Å². The molecule has 5 heteroatoms. The van der Waals surface area contributed by atoms with E-state index in [9.17, 15) is 0 Å². The second-order valence-corrected chi connectivity index (χ2v) is 16.9. The van der Waals surface area contributed by atoms with Crippen LogP contribution in [0.5, 0.6) is 0 Å². The molecule has 4 heterocycles. The van der Waals surface area contributed by atoms with E-state index in [-0.39, 0.29) is 5.41 Å². The molecule has 12 aromatic rings. The number of hydrogen-bond acceptors (Lipinski definition) is 4. The van der Waals surface area contributed by atoms with Crippen LogP contribution >= 0.6 is 11.3 Å². The summed E-state index contributed by atoms with van der Waals surface area (Å²) < 4.78 is 10.5. The Labute approximate surface area is 331 Å². The standard InChI is InChI=1S/C52H33N3OS/c1-52(2)40-19-9-6-15-33(40)34-25-23-32(28-41(34)52)54(45-21-12-18-36-35-16-8-11-22-46(35)56-49(36)45)31-24-26-44-38(27-31)39-29-42-50(57-51(53-42)30-13-4-3-5-14-30)47-37-17-7-10-20-43(37)55(44)48(39)47/h3-29H,1-2H3. The lowest BCUT2D eigenvalue weighted by molar-refractivity contribution is 0.660. The maximum Gasteiger partial charge on any atom is 0.159 e. The van der Waals surface area contributed by atoms with Gasteiger partial charge in [0, 0.05) is 54.7 Å². The summed E-state index contributed by atoms with van der Waals surface area (Å²) in [5.41, 5.74) is 15.9. The minimum absolute atomic E-state index is 0.144. The molecule has 268 valence electrons. The van der Waals surface area contributed by atoms with Crippen molar-refractivity contribution in [2.24, 2.45) is 0 Å². The lowest BCUT2D eigenvalue weighted by Crippen LogP contribution is -2.16. The van der Waals surface area contributed by atoms with Crippen LogP contribution in [-0.2, 0) is 5.41 Å². The second-order valence-electron chi connectivity index (χ2n) is 15.9. The third kappa shape index (κ3) is 4.13. The molecule has 0 bridgehead atoms. The summed E-state index contributed by atoms with van der Waals surface area (Å²) in [5.74, 6) is 0. The van der Waals surface area contributed by atoms with Crippen LogP contribution in [0.4, 0.5) is 17.1 Å². The normalized spacial score (nSPS) is 13.6. The third-order valence-electron chi connectivity index (χ3n) is 12.5. The van der Waals surface area contributed by atoms with Crippen molar-refractivity contribution in [1.29, 1.82) is 0 Å². The minimum atomic E-state index is -0.144. The molecule has 0 aliphatic heterocycles. The highest BCUT2D eigenvalue weighted by Gasteiger charge is 2.36. The molecule has 0 fully saturated rings. The number of para-hydroxylation sites is 3. The van der Waals surface area contributed by atoms with Gasteiger partial charge < -0.3 is 13.7 Å². The topological polar surface area (TPSA) is 33.7 Å². The zero-order chi connectivity index (χ0) is 37.6. The SMILES string of the molecule is CC1(C)c2ccccc2-c2ccc(N(c3ccc4c(c3)c3cc5nc(-c6ccccc6)sc5c5c6ccccc6n4c35)c3cccc4c3oc3ccccc34)cc21. The Hall–Kier alpha value is -6.95. The fourth-order valence-corrected chi connectivity index (χ4v) is 11.0. The summed E-state index contributed by atoms with van der Waals surface area (Å²) in [4.78, 5) is 7.69.